The fourth-order valence-corrected chi connectivity index (χ4v) is 3.17. The molecule has 0 aliphatic heterocycles. The van der Waals surface area contributed by atoms with Crippen molar-refractivity contribution >= 4 is 33.2 Å². The fraction of sp³-hybridized carbons (Fsp3) is 0.312. The van der Waals surface area contributed by atoms with E-state index in [1.807, 2.05) is 35.7 Å². The number of rotatable bonds is 6. The number of thiophene rings is 1. The number of amides is 1. The number of benzene rings is 1. The van der Waals surface area contributed by atoms with Gasteiger partial charge in [-0.1, -0.05) is 26.0 Å². The highest BCUT2D eigenvalue weighted by Gasteiger charge is 2.05. The normalized spacial score (nSPS) is 10.7. The van der Waals surface area contributed by atoms with E-state index < -0.39 is 0 Å². The minimum Gasteiger partial charge on any atom is -0.484 e. The van der Waals surface area contributed by atoms with Crippen LogP contribution in [0.1, 0.15) is 30.2 Å². The number of hydrogen-bond donors (Lipinski definition) is 1. The molecule has 0 spiro atoms. The molecule has 0 radical (unpaired) electrons. The monoisotopic (exact) mass is 367 g/mol. The van der Waals surface area contributed by atoms with Crippen molar-refractivity contribution in [3.63, 3.8) is 0 Å². The van der Waals surface area contributed by atoms with Crippen molar-refractivity contribution in [1.29, 1.82) is 0 Å². The minimum atomic E-state index is -0.118. The van der Waals surface area contributed by atoms with Crippen molar-refractivity contribution in [3.8, 4) is 5.75 Å². The Morgan fingerprint density at radius 3 is 2.62 bits per heavy atom. The molecule has 2 rings (SSSR count). The van der Waals surface area contributed by atoms with E-state index in [1.165, 1.54) is 5.56 Å². The van der Waals surface area contributed by atoms with Crippen LogP contribution in [0, 0.1) is 0 Å². The Bertz CT molecular complexity index is 593. The average Bonchev–Trinajstić information content (AvgIpc) is 2.89. The lowest BCUT2D eigenvalue weighted by atomic mass is 10.0. The highest BCUT2D eigenvalue weighted by Crippen LogP contribution is 2.20. The predicted octanol–water partition coefficient (Wildman–Crippen LogP) is 4.33. The highest BCUT2D eigenvalue weighted by atomic mass is 79.9. The Balaban J connectivity index is 1.75. The van der Waals surface area contributed by atoms with E-state index in [2.05, 4.69) is 35.1 Å². The molecule has 1 amide bonds. The van der Waals surface area contributed by atoms with Gasteiger partial charge in [0.05, 0.1) is 6.54 Å². The number of halogens is 1. The number of carbonyl (C=O) groups is 1. The summed E-state index contributed by atoms with van der Waals surface area (Å²) >= 11 is 5.00. The largest absolute Gasteiger partial charge is 0.484 e. The topological polar surface area (TPSA) is 38.3 Å². The second-order valence-corrected chi connectivity index (χ2v) is 6.93. The summed E-state index contributed by atoms with van der Waals surface area (Å²) in [6, 6.07) is 9.86. The van der Waals surface area contributed by atoms with Crippen LogP contribution in [0.25, 0.3) is 0 Å². The Hall–Kier alpha value is -1.33. The third-order valence-corrected chi connectivity index (χ3v) is 4.70. The zero-order valence-corrected chi connectivity index (χ0v) is 14.5. The summed E-state index contributed by atoms with van der Waals surface area (Å²) in [7, 11) is 0. The molecule has 0 aliphatic carbocycles. The molecule has 2 aromatic rings. The maximum absolute atomic E-state index is 11.7. The van der Waals surface area contributed by atoms with Gasteiger partial charge in [0.15, 0.2) is 6.61 Å². The molecule has 0 atom stereocenters. The SMILES string of the molecule is CC(C)c1ccc(OCC(=O)NCc2cc(Br)cs2)cc1. The minimum absolute atomic E-state index is 0.0353. The molecular weight excluding hydrogens is 350 g/mol. The molecule has 5 heteroatoms. The van der Waals surface area contributed by atoms with Crippen LogP contribution in [0.15, 0.2) is 40.2 Å². The van der Waals surface area contributed by atoms with Crippen LogP contribution in [0.4, 0.5) is 0 Å². The lowest BCUT2D eigenvalue weighted by Crippen LogP contribution is -2.28. The first-order valence-corrected chi connectivity index (χ1v) is 8.44. The van der Waals surface area contributed by atoms with Gasteiger partial charge in [0.25, 0.3) is 5.91 Å². The van der Waals surface area contributed by atoms with E-state index in [4.69, 9.17) is 4.74 Å². The third kappa shape index (κ3) is 5.17. The number of hydrogen-bond acceptors (Lipinski definition) is 3. The molecule has 112 valence electrons. The van der Waals surface area contributed by atoms with Crippen LogP contribution < -0.4 is 10.1 Å². The quantitative estimate of drug-likeness (QED) is 0.824. The molecule has 1 aromatic heterocycles. The van der Waals surface area contributed by atoms with Gasteiger partial charge in [-0.2, -0.15) is 0 Å². The Labute approximate surface area is 137 Å². The molecule has 3 nitrogen and oxygen atoms in total. The second kappa shape index (κ2) is 7.61. The summed E-state index contributed by atoms with van der Waals surface area (Å²) in [6.45, 7) is 4.86. The van der Waals surface area contributed by atoms with Crippen LogP contribution in [-0.4, -0.2) is 12.5 Å². The number of carbonyl (C=O) groups excluding carboxylic acids is 1. The molecule has 1 heterocycles. The second-order valence-electron chi connectivity index (χ2n) is 5.02. The molecular formula is C16H18BrNO2S. The van der Waals surface area contributed by atoms with E-state index >= 15 is 0 Å². The molecule has 0 unspecified atom stereocenters. The smallest absolute Gasteiger partial charge is 0.258 e. The summed E-state index contributed by atoms with van der Waals surface area (Å²) in [5, 5.41) is 4.83. The number of ether oxygens (including phenoxy) is 1. The van der Waals surface area contributed by atoms with E-state index in [1.54, 1.807) is 11.3 Å². The average molecular weight is 368 g/mol. The maximum atomic E-state index is 11.7. The Morgan fingerprint density at radius 1 is 1.33 bits per heavy atom. The Kier molecular flexibility index (Phi) is 5.82. The predicted molar refractivity (Wildman–Crippen MR) is 89.9 cm³/mol. The molecule has 1 aromatic carbocycles. The first-order chi connectivity index (χ1) is 10.0. The molecule has 0 saturated heterocycles. The molecule has 0 fully saturated rings. The number of nitrogens with one attached hydrogen (secondary N) is 1. The van der Waals surface area contributed by atoms with E-state index in [0.29, 0.717) is 18.2 Å². The first-order valence-electron chi connectivity index (χ1n) is 6.77. The van der Waals surface area contributed by atoms with Crippen LogP contribution in [0.5, 0.6) is 5.75 Å². The van der Waals surface area contributed by atoms with Gasteiger partial charge in [0.1, 0.15) is 5.75 Å². The molecule has 0 aliphatic rings. The standard InChI is InChI=1S/C16H18BrNO2S/c1-11(2)12-3-5-14(6-4-12)20-9-16(19)18-8-15-7-13(17)10-21-15/h3-7,10-11H,8-9H2,1-2H3,(H,18,19). The highest BCUT2D eigenvalue weighted by molar-refractivity contribution is 9.10. The van der Waals surface area contributed by atoms with Gasteiger partial charge in [-0.05, 0) is 45.6 Å². The Morgan fingerprint density at radius 2 is 2.05 bits per heavy atom. The van der Waals surface area contributed by atoms with Gasteiger partial charge < -0.3 is 10.1 Å². The van der Waals surface area contributed by atoms with Gasteiger partial charge in [-0.15, -0.1) is 11.3 Å². The van der Waals surface area contributed by atoms with Crippen molar-refractivity contribution in [2.24, 2.45) is 0 Å². The van der Waals surface area contributed by atoms with Crippen molar-refractivity contribution in [2.45, 2.75) is 26.3 Å². The van der Waals surface area contributed by atoms with Gasteiger partial charge in [-0.25, -0.2) is 0 Å². The van der Waals surface area contributed by atoms with Gasteiger partial charge in [0, 0.05) is 14.7 Å². The lowest BCUT2D eigenvalue weighted by molar-refractivity contribution is -0.123. The van der Waals surface area contributed by atoms with Crippen molar-refractivity contribution in [1.82, 2.24) is 5.32 Å². The lowest BCUT2D eigenvalue weighted by Gasteiger charge is -2.09. The zero-order valence-electron chi connectivity index (χ0n) is 12.1. The summed E-state index contributed by atoms with van der Waals surface area (Å²) in [4.78, 5) is 12.8. The summed E-state index contributed by atoms with van der Waals surface area (Å²) < 4.78 is 6.52. The van der Waals surface area contributed by atoms with E-state index in [9.17, 15) is 4.79 Å². The van der Waals surface area contributed by atoms with E-state index in [0.717, 1.165) is 9.35 Å². The van der Waals surface area contributed by atoms with Crippen LogP contribution in [0.2, 0.25) is 0 Å². The van der Waals surface area contributed by atoms with Gasteiger partial charge >= 0.3 is 0 Å². The van der Waals surface area contributed by atoms with Crippen LogP contribution in [-0.2, 0) is 11.3 Å². The maximum Gasteiger partial charge on any atom is 0.258 e. The van der Waals surface area contributed by atoms with Gasteiger partial charge in [-0.3, -0.25) is 4.79 Å². The first kappa shape index (κ1) is 16.0. The van der Waals surface area contributed by atoms with Crippen molar-refractivity contribution < 1.29 is 9.53 Å². The third-order valence-electron chi connectivity index (χ3n) is 3.00. The van der Waals surface area contributed by atoms with Crippen LogP contribution in [0.3, 0.4) is 0 Å². The van der Waals surface area contributed by atoms with Crippen molar-refractivity contribution in [2.75, 3.05) is 6.61 Å². The van der Waals surface area contributed by atoms with Crippen molar-refractivity contribution in [3.05, 3.63) is 50.6 Å². The van der Waals surface area contributed by atoms with Crippen LogP contribution >= 0.6 is 27.3 Å². The summed E-state index contributed by atoms with van der Waals surface area (Å²) in [5.74, 6) is 1.09. The van der Waals surface area contributed by atoms with E-state index in [-0.39, 0.29) is 12.5 Å². The summed E-state index contributed by atoms with van der Waals surface area (Å²) in [5.41, 5.74) is 1.26. The molecule has 0 saturated carbocycles. The molecule has 0 bridgehead atoms. The summed E-state index contributed by atoms with van der Waals surface area (Å²) in [6.07, 6.45) is 0. The molecule has 21 heavy (non-hydrogen) atoms. The van der Waals surface area contributed by atoms with Gasteiger partial charge in [0.2, 0.25) is 0 Å². The molecule has 1 N–H and O–H groups in total. The zero-order chi connectivity index (χ0) is 15.2. The fourth-order valence-electron chi connectivity index (χ4n) is 1.78.